The maximum absolute atomic E-state index is 12.7. The molecule has 1 aromatic carbocycles. The van der Waals surface area contributed by atoms with Crippen molar-refractivity contribution < 1.29 is 14.6 Å². The molecule has 0 bridgehead atoms. The minimum Gasteiger partial charge on any atom is -0.496 e. The Kier molecular flexibility index (Phi) is 3.89. The van der Waals surface area contributed by atoms with Crippen molar-refractivity contribution in [3.8, 4) is 5.75 Å². The summed E-state index contributed by atoms with van der Waals surface area (Å²) in [4.78, 5) is 24.6. The van der Waals surface area contributed by atoms with Crippen LogP contribution in [-0.4, -0.2) is 22.8 Å². The molecule has 2 N–H and O–H groups in total. The molecule has 0 saturated heterocycles. The summed E-state index contributed by atoms with van der Waals surface area (Å²) in [6.45, 7) is 1.70. The number of carbonyl (C=O) groups is 1. The van der Waals surface area contributed by atoms with Crippen LogP contribution in [0, 0.1) is 0 Å². The maximum Gasteiger partial charge on any atom is 0.334 e. The van der Waals surface area contributed by atoms with Crippen LogP contribution in [0.4, 0.5) is 5.69 Å². The van der Waals surface area contributed by atoms with Gasteiger partial charge < -0.3 is 19.7 Å². The highest BCUT2D eigenvalue weighted by Crippen LogP contribution is 2.42. The lowest BCUT2D eigenvalue weighted by Crippen LogP contribution is -2.31. The second-order valence-corrected chi connectivity index (χ2v) is 5.70. The number of nitrogens with one attached hydrogen (secondary N) is 1. The fourth-order valence-electron chi connectivity index (χ4n) is 3.17. The van der Waals surface area contributed by atoms with Gasteiger partial charge in [-0.2, -0.15) is 0 Å². The Morgan fingerprint density at radius 1 is 1.29 bits per heavy atom. The van der Waals surface area contributed by atoms with Crippen LogP contribution in [0.3, 0.4) is 0 Å². The van der Waals surface area contributed by atoms with Crippen molar-refractivity contribution in [1.29, 1.82) is 0 Å². The lowest BCUT2D eigenvalue weighted by atomic mass is 9.81. The molecule has 2 aromatic rings. The molecule has 0 radical (unpaired) electrons. The fraction of sp³-hybridized carbons (Fsp3) is 0.222. The zero-order chi connectivity index (χ0) is 17.4. The van der Waals surface area contributed by atoms with Gasteiger partial charge in [-0.25, -0.2) is 4.79 Å². The number of ether oxygens (including phenoxy) is 1. The standard InChI is InChI=1S/C18H18N2O4/c1-10-14(18(22)23)15(11-6-4-5-7-13(11)24-3)16-12(19-10)8-9-20(2)17(16)21/h4-9,15,19H,1-3H3,(H,22,23). The van der Waals surface area contributed by atoms with E-state index in [9.17, 15) is 14.7 Å². The molecule has 2 heterocycles. The summed E-state index contributed by atoms with van der Waals surface area (Å²) in [6, 6.07) is 8.95. The Hall–Kier alpha value is -3.02. The van der Waals surface area contributed by atoms with Crippen LogP contribution in [0.2, 0.25) is 0 Å². The molecular formula is C18H18N2O4. The molecule has 0 aliphatic carbocycles. The van der Waals surface area contributed by atoms with Crippen LogP contribution in [-0.2, 0) is 11.8 Å². The van der Waals surface area contributed by atoms with Crippen molar-refractivity contribution in [2.24, 2.45) is 7.05 Å². The topological polar surface area (TPSA) is 80.6 Å². The van der Waals surface area contributed by atoms with Crippen LogP contribution >= 0.6 is 0 Å². The summed E-state index contributed by atoms with van der Waals surface area (Å²) in [6.07, 6.45) is 1.66. The number of aromatic nitrogens is 1. The van der Waals surface area contributed by atoms with E-state index in [0.29, 0.717) is 28.3 Å². The van der Waals surface area contributed by atoms with Crippen molar-refractivity contribution >= 4 is 11.7 Å². The summed E-state index contributed by atoms with van der Waals surface area (Å²) < 4.78 is 6.85. The predicted octanol–water partition coefficient (Wildman–Crippen LogP) is 2.31. The van der Waals surface area contributed by atoms with Gasteiger partial charge in [0.25, 0.3) is 5.56 Å². The SMILES string of the molecule is COc1ccccc1C1C(C(=O)O)=C(C)Nc2ccn(C)c(=O)c21. The molecule has 1 aliphatic rings. The Morgan fingerprint density at radius 3 is 2.67 bits per heavy atom. The molecule has 1 unspecified atom stereocenters. The number of nitrogens with zero attached hydrogens (tertiary/aromatic N) is 1. The monoisotopic (exact) mass is 326 g/mol. The zero-order valence-electron chi connectivity index (χ0n) is 13.7. The Labute approximate surface area is 139 Å². The van der Waals surface area contributed by atoms with Crippen molar-refractivity contribution in [1.82, 2.24) is 4.57 Å². The van der Waals surface area contributed by atoms with Gasteiger partial charge in [0, 0.05) is 30.2 Å². The largest absolute Gasteiger partial charge is 0.496 e. The summed E-state index contributed by atoms with van der Waals surface area (Å²) in [5.74, 6) is -1.21. The summed E-state index contributed by atoms with van der Waals surface area (Å²) in [5, 5.41) is 12.8. The number of methoxy groups -OCH3 is 1. The van der Waals surface area contributed by atoms with Gasteiger partial charge in [-0.1, -0.05) is 18.2 Å². The first-order chi connectivity index (χ1) is 11.5. The highest BCUT2D eigenvalue weighted by Gasteiger charge is 2.36. The molecule has 6 nitrogen and oxygen atoms in total. The second-order valence-electron chi connectivity index (χ2n) is 5.70. The third kappa shape index (κ3) is 2.36. The number of benzene rings is 1. The van der Waals surface area contributed by atoms with Crippen LogP contribution < -0.4 is 15.6 Å². The lowest BCUT2D eigenvalue weighted by Gasteiger charge is -2.29. The van der Waals surface area contributed by atoms with Crippen LogP contribution in [0.15, 0.2) is 52.6 Å². The van der Waals surface area contributed by atoms with Crippen LogP contribution in [0.5, 0.6) is 5.75 Å². The smallest absolute Gasteiger partial charge is 0.334 e. The van der Waals surface area contributed by atoms with E-state index < -0.39 is 11.9 Å². The molecule has 124 valence electrons. The quantitative estimate of drug-likeness (QED) is 0.905. The first kappa shape index (κ1) is 15.9. The molecule has 6 heteroatoms. The van der Waals surface area contributed by atoms with Crippen LogP contribution in [0.1, 0.15) is 24.0 Å². The normalized spacial score (nSPS) is 16.4. The van der Waals surface area contributed by atoms with E-state index >= 15 is 0 Å². The third-order valence-electron chi connectivity index (χ3n) is 4.29. The average Bonchev–Trinajstić information content (AvgIpc) is 2.56. The molecule has 1 atom stereocenters. The number of allylic oxidation sites excluding steroid dienone is 1. The Morgan fingerprint density at radius 2 is 2.00 bits per heavy atom. The first-order valence-corrected chi connectivity index (χ1v) is 7.49. The first-order valence-electron chi connectivity index (χ1n) is 7.49. The minimum absolute atomic E-state index is 0.148. The molecule has 1 aromatic heterocycles. The third-order valence-corrected chi connectivity index (χ3v) is 4.29. The summed E-state index contributed by atoms with van der Waals surface area (Å²) >= 11 is 0. The van der Waals surface area contributed by atoms with E-state index in [-0.39, 0.29) is 11.1 Å². The van der Waals surface area contributed by atoms with E-state index in [4.69, 9.17) is 4.74 Å². The van der Waals surface area contributed by atoms with E-state index in [1.165, 1.54) is 11.7 Å². The highest BCUT2D eigenvalue weighted by molar-refractivity contribution is 5.93. The number of para-hydroxylation sites is 1. The molecule has 3 rings (SSSR count). The van der Waals surface area contributed by atoms with Gasteiger partial charge in [-0.15, -0.1) is 0 Å². The van der Waals surface area contributed by atoms with Gasteiger partial charge in [0.15, 0.2) is 0 Å². The zero-order valence-corrected chi connectivity index (χ0v) is 13.7. The molecule has 0 spiro atoms. The summed E-state index contributed by atoms with van der Waals surface area (Å²) in [7, 11) is 3.18. The Balaban J connectivity index is 2.38. The summed E-state index contributed by atoms with van der Waals surface area (Å²) in [5.41, 5.74) is 2.11. The van der Waals surface area contributed by atoms with Crippen molar-refractivity contribution in [3.05, 3.63) is 69.3 Å². The number of aliphatic carboxylic acids is 1. The van der Waals surface area contributed by atoms with Gasteiger partial charge in [0.1, 0.15) is 5.75 Å². The number of fused-ring (bicyclic) bond motifs is 1. The van der Waals surface area contributed by atoms with Crippen molar-refractivity contribution in [2.75, 3.05) is 12.4 Å². The molecular weight excluding hydrogens is 308 g/mol. The number of hydrogen-bond donors (Lipinski definition) is 2. The fourth-order valence-corrected chi connectivity index (χ4v) is 3.17. The highest BCUT2D eigenvalue weighted by atomic mass is 16.5. The van der Waals surface area contributed by atoms with E-state index in [0.717, 1.165) is 0 Å². The number of rotatable bonds is 3. The minimum atomic E-state index is -1.06. The van der Waals surface area contributed by atoms with Crippen molar-refractivity contribution in [3.63, 3.8) is 0 Å². The molecule has 1 aliphatic heterocycles. The number of hydrogen-bond acceptors (Lipinski definition) is 4. The van der Waals surface area contributed by atoms with Gasteiger partial charge in [0.2, 0.25) is 0 Å². The predicted molar refractivity (Wildman–Crippen MR) is 90.5 cm³/mol. The van der Waals surface area contributed by atoms with Crippen molar-refractivity contribution in [2.45, 2.75) is 12.8 Å². The van der Waals surface area contributed by atoms with E-state index in [1.54, 1.807) is 38.4 Å². The Bertz CT molecular complexity index is 911. The number of aryl methyl sites for hydroxylation is 1. The second kappa shape index (κ2) is 5.88. The number of carboxylic acids is 1. The molecule has 0 amide bonds. The number of pyridine rings is 1. The lowest BCUT2D eigenvalue weighted by molar-refractivity contribution is -0.133. The number of anilines is 1. The van der Waals surface area contributed by atoms with Gasteiger partial charge in [-0.05, 0) is 19.1 Å². The van der Waals surface area contributed by atoms with Crippen LogP contribution in [0.25, 0.3) is 0 Å². The number of carboxylic acid groups (broad SMARTS) is 1. The molecule has 0 fully saturated rings. The van der Waals surface area contributed by atoms with Gasteiger partial charge in [0.05, 0.1) is 24.2 Å². The van der Waals surface area contributed by atoms with E-state index in [1.807, 2.05) is 12.1 Å². The molecule has 0 saturated carbocycles. The van der Waals surface area contributed by atoms with Gasteiger partial charge in [-0.3, -0.25) is 4.79 Å². The maximum atomic E-state index is 12.7. The average molecular weight is 326 g/mol. The van der Waals surface area contributed by atoms with E-state index in [2.05, 4.69) is 5.32 Å². The van der Waals surface area contributed by atoms with Gasteiger partial charge >= 0.3 is 5.97 Å². The molecule has 24 heavy (non-hydrogen) atoms.